The summed E-state index contributed by atoms with van der Waals surface area (Å²) in [7, 11) is 0. The Balaban J connectivity index is 4.34. The molecule has 1 unspecified atom stereocenters. The zero-order chi connectivity index (χ0) is 44.4. The van der Waals surface area contributed by atoms with Crippen molar-refractivity contribution >= 4 is 17.9 Å². The van der Waals surface area contributed by atoms with E-state index in [-0.39, 0.29) is 31.1 Å². The molecule has 0 aromatic heterocycles. The number of hydrogen-bond acceptors (Lipinski definition) is 6. The predicted octanol–water partition coefficient (Wildman–Crippen LogP) is 17.3. The van der Waals surface area contributed by atoms with Crippen molar-refractivity contribution < 1.29 is 28.6 Å². The first kappa shape index (κ1) is 58.6. The highest BCUT2D eigenvalue weighted by Gasteiger charge is 2.19. The minimum Gasteiger partial charge on any atom is -0.462 e. The van der Waals surface area contributed by atoms with Crippen LogP contribution in [0.1, 0.15) is 278 Å². The molecular formula is C55H100O6. The number of carbonyl (C=O) groups is 3. The first-order valence-corrected chi connectivity index (χ1v) is 26.5. The summed E-state index contributed by atoms with van der Waals surface area (Å²) in [5.74, 6) is -0.891. The molecule has 0 rings (SSSR count). The van der Waals surface area contributed by atoms with Crippen LogP contribution in [0.4, 0.5) is 0 Å². The Morgan fingerprint density at radius 3 is 1.00 bits per heavy atom. The summed E-state index contributed by atoms with van der Waals surface area (Å²) in [5.41, 5.74) is 0. The fraction of sp³-hybridized carbons (Fsp3) is 0.836. The third-order valence-electron chi connectivity index (χ3n) is 11.6. The molecule has 0 radical (unpaired) electrons. The Morgan fingerprint density at radius 1 is 0.328 bits per heavy atom. The van der Waals surface area contributed by atoms with Gasteiger partial charge in [-0.25, -0.2) is 0 Å². The van der Waals surface area contributed by atoms with Gasteiger partial charge in [-0.15, -0.1) is 0 Å². The van der Waals surface area contributed by atoms with Crippen LogP contribution in [0, 0.1) is 0 Å². The number of esters is 3. The van der Waals surface area contributed by atoms with Crippen LogP contribution in [-0.2, 0) is 28.6 Å². The Kier molecular flexibility index (Phi) is 48.3. The molecule has 6 heteroatoms. The second-order valence-electron chi connectivity index (χ2n) is 17.8. The maximum Gasteiger partial charge on any atom is 0.306 e. The number of carbonyl (C=O) groups excluding carboxylic acids is 3. The van der Waals surface area contributed by atoms with Crippen LogP contribution in [0.2, 0.25) is 0 Å². The molecule has 0 aromatic carbocycles. The van der Waals surface area contributed by atoms with Crippen LogP contribution in [0.25, 0.3) is 0 Å². The summed E-state index contributed by atoms with van der Waals surface area (Å²) in [6, 6.07) is 0. The molecule has 61 heavy (non-hydrogen) atoms. The molecule has 0 spiro atoms. The maximum atomic E-state index is 12.8. The lowest BCUT2D eigenvalue weighted by atomic mass is 10.0. The van der Waals surface area contributed by atoms with Gasteiger partial charge in [-0.05, 0) is 70.6 Å². The van der Waals surface area contributed by atoms with Gasteiger partial charge in [0.1, 0.15) is 13.2 Å². The van der Waals surface area contributed by atoms with Crippen molar-refractivity contribution in [2.75, 3.05) is 13.2 Å². The van der Waals surface area contributed by atoms with Crippen molar-refractivity contribution in [1.82, 2.24) is 0 Å². The average molecular weight is 857 g/mol. The molecule has 0 aromatic rings. The quantitative estimate of drug-likeness (QED) is 0.0262. The van der Waals surface area contributed by atoms with E-state index < -0.39 is 6.10 Å². The number of hydrogen-bond donors (Lipinski definition) is 0. The average Bonchev–Trinajstić information content (AvgIpc) is 3.26. The van der Waals surface area contributed by atoms with Crippen LogP contribution >= 0.6 is 0 Å². The fourth-order valence-corrected chi connectivity index (χ4v) is 7.57. The van der Waals surface area contributed by atoms with E-state index in [9.17, 15) is 14.4 Å². The van der Waals surface area contributed by atoms with E-state index in [0.29, 0.717) is 19.3 Å². The summed E-state index contributed by atoms with van der Waals surface area (Å²) in [6.07, 6.45) is 58.4. The van der Waals surface area contributed by atoms with Crippen LogP contribution in [0.5, 0.6) is 0 Å². The minimum absolute atomic E-state index is 0.0775. The van der Waals surface area contributed by atoms with Crippen molar-refractivity contribution in [2.45, 2.75) is 284 Å². The zero-order valence-corrected chi connectivity index (χ0v) is 40.7. The summed E-state index contributed by atoms with van der Waals surface area (Å²) in [6.45, 7) is 6.58. The van der Waals surface area contributed by atoms with Crippen molar-refractivity contribution in [2.24, 2.45) is 0 Å². The lowest BCUT2D eigenvalue weighted by Crippen LogP contribution is -2.30. The van der Waals surface area contributed by atoms with Gasteiger partial charge in [0, 0.05) is 19.3 Å². The Bertz CT molecular complexity index is 1030. The van der Waals surface area contributed by atoms with Crippen molar-refractivity contribution in [3.63, 3.8) is 0 Å². The molecule has 0 heterocycles. The number of rotatable bonds is 48. The van der Waals surface area contributed by atoms with Crippen molar-refractivity contribution in [3.05, 3.63) is 36.5 Å². The summed E-state index contributed by atoms with van der Waals surface area (Å²) < 4.78 is 16.8. The van der Waals surface area contributed by atoms with Gasteiger partial charge in [-0.1, -0.05) is 224 Å². The molecule has 0 saturated carbocycles. The number of ether oxygens (including phenoxy) is 3. The molecule has 6 nitrogen and oxygen atoms in total. The molecule has 356 valence electrons. The fourth-order valence-electron chi connectivity index (χ4n) is 7.57. The third kappa shape index (κ3) is 48.5. The van der Waals surface area contributed by atoms with E-state index in [4.69, 9.17) is 14.2 Å². The van der Waals surface area contributed by atoms with Crippen LogP contribution in [0.3, 0.4) is 0 Å². The monoisotopic (exact) mass is 857 g/mol. The van der Waals surface area contributed by atoms with Gasteiger partial charge < -0.3 is 14.2 Å². The molecule has 0 bridgehead atoms. The molecule has 0 aliphatic carbocycles. The van der Waals surface area contributed by atoms with E-state index in [1.807, 2.05) is 0 Å². The molecule has 0 saturated heterocycles. The highest BCUT2D eigenvalue weighted by atomic mass is 16.6. The second kappa shape index (κ2) is 50.3. The Morgan fingerprint density at radius 2 is 0.607 bits per heavy atom. The Labute approximate surface area is 378 Å². The smallest absolute Gasteiger partial charge is 0.306 e. The van der Waals surface area contributed by atoms with Gasteiger partial charge in [0.2, 0.25) is 0 Å². The normalized spacial score (nSPS) is 12.2. The standard InChI is InChI=1S/C55H100O6/c1-4-7-10-13-16-19-22-24-26-27-29-30-33-36-39-42-45-48-54(57)60-51-52(50-59-53(56)47-44-41-38-35-32-21-18-15-12-9-6-3)61-55(58)49-46-43-40-37-34-31-28-25-23-20-17-14-11-8-5-2/h15,17-18,20,25,28,52H,4-14,16,19,21-24,26-27,29-51H2,1-3H3/b18-15-,20-17-,28-25-. The van der Waals surface area contributed by atoms with Gasteiger partial charge in [-0.3, -0.25) is 14.4 Å². The van der Waals surface area contributed by atoms with Gasteiger partial charge in [0.15, 0.2) is 6.10 Å². The topological polar surface area (TPSA) is 78.9 Å². The molecule has 1 atom stereocenters. The zero-order valence-electron chi connectivity index (χ0n) is 40.7. The van der Waals surface area contributed by atoms with Gasteiger partial charge in [0.25, 0.3) is 0 Å². The van der Waals surface area contributed by atoms with Crippen molar-refractivity contribution in [1.29, 1.82) is 0 Å². The molecule has 0 aliphatic heterocycles. The molecule has 0 fully saturated rings. The predicted molar refractivity (Wildman–Crippen MR) is 261 cm³/mol. The maximum absolute atomic E-state index is 12.8. The molecular weight excluding hydrogens is 757 g/mol. The number of unbranched alkanes of at least 4 members (excludes halogenated alkanes) is 31. The van der Waals surface area contributed by atoms with E-state index in [1.54, 1.807) is 0 Å². The van der Waals surface area contributed by atoms with Gasteiger partial charge >= 0.3 is 17.9 Å². The lowest BCUT2D eigenvalue weighted by Gasteiger charge is -2.18. The Hall–Kier alpha value is -2.37. The first-order valence-electron chi connectivity index (χ1n) is 26.5. The minimum atomic E-state index is -0.778. The first-order chi connectivity index (χ1) is 30.0. The second-order valence-corrected chi connectivity index (χ2v) is 17.8. The summed E-state index contributed by atoms with van der Waals surface area (Å²) >= 11 is 0. The largest absolute Gasteiger partial charge is 0.462 e. The SMILES string of the molecule is CCCC/C=C\CCCCCCCC(=O)OCC(COC(=O)CCCCCCCCCCCCCCCCCCC)OC(=O)CCCCCCC/C=C\C/C=C\CCCCC. The third-order valence-corrected chi connectivity index (χ3v) is 11.6. The van der Waals surface area contributed by atoms with E-state index in [2.05, 4.69) is 57.2 Å². The van der Waals surface area contributed by atoms with E-state index in [1.165, 1.54) is 148 Å². The molecule has 0 amide bonds. The van der Waals surface area contributed by atoms with Gasteiger partial charge in [0.05, 0.1) is 0 Å². The van der Waals surface area contributed by atoms with E-state index >= 15 is 0 Å². The highest BCUT2D eigenvalue weighted by molar-refractivity contribution is 5.71. The number of allylic oxidation sites excluding steroid dienone is 6. The summed E-state index contributed by atoms with van der Waals surface area (Å²) in [4.78, 5) is 38.0. The molecule has 0 aliphatic rings. The van der Waals surface area contributed by atoms with Crippen LogP contribution in [0.15, 0.2) is 36.5 Å². The summed E-state index contributed by atoms with van der Waals surface area (Å²) in [5, 5.41) is 0. The van der Waals surface area contributed by atoms with Gasteiger partial charge in [-0.2, -0.15) is 0 Å². The van der Waals surface area contributed by atoms with Crippen molar-refractivity contribution in [3.8, 4) is 0 Å². The van der Waals surface area contributed by atoms with E-state index in [0.717, 1.165) is 89.9 Å². The molecule has 0 N–H and O–H groups in total. The lowest BCUT2D eigenvalue weighted by molar-refractivity contribution is -0.167. The van der Waals surface area contributed by atoms with Crippen LogP contribution in [-0.4, -0.2) is 37.2 Å². The highest BCUT2D eigenvalue weighted by Crippen LogP contribution is 2.16. The van der Waals surface area contributed by atoms with Crippen LogP contribution < -0.4 is 0 Å².